The Bertz CT molecular complexity index is 516. The maximum Gasteiger partial charge on any atom is 0.261 e. The summed E-state index contributed by atoms with van der Waals surface area (Å²) in [6.45, 7) is 0. The average Bonchev–Trinajstić information content (AvgIpc) is 2.37. The molecule has 1 N–H and O–H groups in total. The Balaban J connectivity index is 1.97. The molecule has 4 heteroatoms. The zero-order chi connectivity index (χ0) is 12.1. The molecule has 86 valence electrons. The fourth-order valence-electron chi connectivity index (χ4n) is 1.28. The predicted molar refractivity (Wildman–Crippen MR) is 73.9 cm³/mol. The van der Waals surface area contributed by atoms with Crippen molar-refractivity contribution in [3.05, 3.63) is 64.6 Å². The van der Waals surface area contributed by atoms with E-state index in [4.69, 9.17) is 0 Å². The molecule has 17 heavy (non-hydrogen) atoms. The number of nitrogens with one attached hydrogen (secondary N) is 1. The normalized spacial score (nSPS) is 9.94. The molecule has 0 bridgehead atoms. The molecule has 2 aromatic rings. The van der Waals surface area contributed by atoms with E-state index in [0.29, 0.717) is 5.56 Å². The summed E-state index contributed by atoms with van der Waals surface area (Å²) in [5.41, 5.74) is 0.662. The SMILES string of the molecule is O=C(NSc1cccc(Br)c1)c1ccccc1. The van der Waals surface area contributed by atoms with Gasteiger partial charge in [0.2, 0.25) is 0 Å². The third kappa shape index (κ3) is 3.61. The van der Waals surface area contributed by atoms with Gasteiger partial charge in [-0.15, -0.1) is 0 Å². The molecule has 0 radical (unpaired) electrons. The Morgan fingerprint density at radius 1 is 1.06 bits per heavy atom. The predicted octanol–water partition coefficient (Wildman–Crippen LogP) is 3.89. The highest BCUT2D eigenvalue weighted by Crippen LogP contribution is 2.19. The van der Waals surface area contributed by atoms with Crippen molar-refractivity contribution in [2.75, 3.05) is 0 Å². The third-order valence-electron chi connectivity index (χ3n) is 2.09. The number of carbonyl (C=O) groups is 1. The monoisotopic (exact) mass is 307 g/mol. The van der Waals surface area contributed by atoms with Crippen LogP contribution < -0.4 is 4.72 Å². The molecule has 0 atom stereocenters. The molecule has 0 saturated carbocycles. The summed E-state index contributed by atoms with van der Waals surface area (Å²) in [5, 5.41) is 0. The van der Waals surface area contributed by atoms with Gasteiger partial charge < -0.3 is 0 Å². The van der Waals surface area contributed by atoms with Crippen LogP contribution in [0, 0.1) is 0 Å². The molecule has 2 rings (SSSR count). The van der Waals surface area contributed by atoms with Gasteiger partial charge in [0.05, 0.1) is 0 Å². The molecule has 0 unspecified atom stereocenters. The molecule has 0 fully saturated rings. The Morgan fingerprint density at radius 2 is 1.82 bits per heavy atom. The maximum absolute atomic E-state index is 11.8. The fraction of sp³-hybridized carbons (Fsp3) is 0. The molecular weight excluding hydrogens is 298 g/mol. The number of rotatable bonds is 3. The van der Waals surface area contributed by atoms with Crippen molar-refractivity contribution in [1.29, 1.82) is 0 Å². The summed E-state index contributed by atoms with van der Waals surface area (Å²) in [6.07, 6.45) is 0. The smallest absolute Gasteiger partial charge is 0.261 e. The van der Waals surface area contributed by atoms with E-state index in [-0.39, 0.29) is 5.91 Å². The van der Waals surface area contributed by atoms with E-state index in [1.54, 1.807) is 12.1 Å². The topological polar surface area (TPSA) is 29.1 Å². The molecule has 2 nitrogen and oxygen atoms in total. The van der Waals surface area contributed by atoms with Gasteiger partial charge in [0.15, 0.2) is 0 Å². The maximum atomic E-state index is 11.8. The van der Waals surface area contributed by atoms with Crippen LogP contribution in [0.2, 0.25) is 0 Å². The number of amides is 1. The van der Waals surface area contributed by atoms with E-state index < -0.39 is 0 Å². The average molecular weight is 308 g/mol. The first kappa shape index (κ1) is 12.2. The number of benzene rings is 2. The first-order valence-electron chi connectivity index (χ1n) is 5.03. The van der Waals surface area contributed by atoms with Gasteiger partial charge in [0, 0.05) is 14.9 Å². The number of carbonyl (C=O) groups excluding carboxylic acids is 1. The zero-order valence-corrected chi connectivity index (χ0v) is 11.3. The van der Waals surface area contributed by atoms with Gasteiger partial charge in [-0.25, -0.2) is 0 Å². The second-order valence-electron chi connectivity index (χ2n) is 3.36. The van der Waals surface area contributed by atoms with E-state index in [1.165, 1.54) is 11.9 Å². The molecule has 0 aromatic heterocycles. The highest BCUT2D eigenvalue weighted by Gasteiger charge is 2.04. The summed E-state index contributed by atoms with van der Waals surface area (Å²) < 4.78 is 3.80. The molecule has 0 aliphatic heterocycles. The van der Waals surface area contributed by atoms with E-state index >= 15 is 0 Å². The minimum absolute atomic E-state index is 0.0874. The summed E-state index contributed by atoms with van der Waals surface area (Å²) in [5.74, 6) is -0.0874. The Morgan fingerprint density at radius 3 is 2.53 bits per heavy atom. The number of hydrogen-bond acceptors (Lipinski definition) is 2. The van der Waals surface area contributed by atoms with Crippen molar-refractivity contribution in [2.24, 2.45) is 0 Å². The van der Waals surface area contributed by atoms with Gasteiger partial charge in [-0.1, -0.05) is 40.2 Å². The van der Waals surface area contributed by atoms with Gasteiger partial charge in [0.25, 0.3) is 5.91 Å². The molecule has 2 aromatic carbocycles. The largest absolute Gasteiger partial charge is 0.292 e. The first-order valence-corrected chi connectivity index (χ1v) is 6.64. The van der Waals surface area contributed by atoms with Crippen LogP contribution in [0.4, 0.5) is 0 Å². The lowest BCUT2D eigenvalue weighted by Gasteiger charge is -2.04. The van der Waals surface area contributed by atoms with Gasteiger partial charge in [-0.3, -0.25) is 9.52 Å². The van der Waals surface area contributed by atoms with Crippen molar-refractivity contribution < 1.29 is 4.79 Å². The zero-order valence-electron chi connectivity index (χ0n) is 8.89. The van der Waals surface area contributed by atoms with Gasteiger partial charge in [-0.05, 0) is 42.3 Å². The molecule has 1 amide bonds. The third-order valence-corrected chi connectivity index (χ3v) is 3.36. The highest BCUT2D eigenvalue weighted by atomic mass is 79.9. The standard InChI is InChI=1S/C13H10BrNOS/c14-11-7-4-8-12(9-11)17-15-13(16)10-5-2-1-3-6-10/h1-9H,(H,15,16). The quantitative estimate of drug-likeness (QED) is 0.872. The van der Waals surface area contributed by atoms with Crippen LogP contribution in [0.15, 0.2) is 64.0 Å². The van der Waals surface area contributed by atoms with E-state index in [9.17, 15) is 4.79 Å². The van der Waals surface area contributed by atoms with Crippen LogP contribution in [-0.4, -0.2) is 5.91 Å². The van der Waals surface area contributed by atoms with Gasteiger partial charge in [0.1, 0.15) is 0 Å². The molecule has 0 saturated heterocycles. The van der Waals surface area contributed by atoms with Crippen LogP contribution >= 0.6 is 27.9 Å². The lowest BCUT2D eigenvalue weighted by atomic mass is 10.2. The van der Waals surface area contributed by atoms with Crippen molar-refractivity contribution in [2.45, 2.75) is 4.90 Å². The van der Waals surface area contributed by atoms with Gasteiger partial charge in [-0.2, -0.15) is 0 Å². The summed E-state index contributed by atoms with van der Waals surface area (Å²) >= 11 is 4.70. The van der Waals surface area contributed by atoms with Crippen LogP contribution in [-0.2, 0) is 0 Å². The summed E-state index contributed by atoms with van der Waals surface area (Å²) in [4.78, 5) is 12.7. The number of halogens is 1. The van der Waals surface area contributed by atoms with Crippen LogP contribution in [0.5, 0.6) is 0 Å². The highest BCUT2D eigenvalue weighted by molar-refractivity contribution is 9.10. The fourth-order valence-corrected chi connectivity index (χ4v) is 2.50. The van der Waals surface area contributed by atoms with E-state index in [1.807, 2.05) is 42.5 Å². The van der Waals surface area contributed by atoms with Crippen molar-refractivity contribution in [3.8, 4) is 0 Å². The van der Waals surface area contributed by atoms with E-state index in [0.717, 1.165) is 9.37 Å². The molecule has 0 aliphatic carbocycles. The second kappa shape index (κ2) is 5.89. The first-order chi connectivity index (χ1) is 8.25. The van der Waals surface area contributed by atoms with Crippen molar-refractivity contribution in [3.63, 3.8) is 0 Å². The molecule has 0 aliphatic rings. The molecule has 0 spiro atoms. The molecule has 0 heterocycles. The summed E-state index contributed by atoms with van der Waals surface area (Å²) in [7, 11) is 0. The second-order valence-corrected chi connectivity index (χ2v) is 5.15. The van der Waals surface area contributed by atoms with E-state index in [2.05, 4.69) is 20.7 Å². The molecular formula is C13H10BrNOS. The van der Waals surface area contributed by atoms with Gasteiger partial charge >= 0.3 is 0 Å². The van der Waals surface area contributed by atoms with Crippen LogP contribution in [0.25, 0.3) is 0 Å². The van der Waals surface area contributed by atoms with Crippen molar-refractivity contribution >= 4 is 33.8 Å². The Labute approximate surface area is 113 Å². The van der Waals surface area contributed by atoms with Crippen molar-refractivity contribution in [1.82, 2.24) is 4.72 Å². The Kier molecular flexibility index (Phi) is 4.23. The lowest BCUT2D eigenvalue weighted by Crippen LogP contribution is -2.15. The number of hydrogen-bond donors (Lipinski definition) is 1. The minimum Gasteiger partial charge on any atom is -0.292 e. The van der Waals surface area contributed by atoms with Crippen LogP contribution in [0.3, 0.4) is 0 Å². The summed E-state index contributed by atoms with van der Waals surface area (Å²) in [6, 6.07) is 16.9. The lowest BCUT2D eigenvalue weighted by molar-refractivity contribution is 0.0984. The van der Waals surface area contributed by atoms with Crippen LogP contribution in [0.1, 0.15) is 10.4 Å². The Hall–Kier alpha value is -1.26. The minimum atomic E-state index is -0.0874.